The summed E-state index contributed by atoms with van der Waals surface area (Å²) in [5.41, 5.74) is 7.37. The molecular formula is C19H20N2O5. The summed E-state index contributed by atoms with van der Waals surface area (Å²) in [6.07, 6.45) is 0. The van der Waals surface area contributed by atoms with Crippen molar-refractivity contribution in [2.24, 2.45) is 0 Å². The number of nitrogen functional groups attached to an aromatic ring is 1. The molecule has 0 radical (unpaired) electrons. The van der Waals surface area contributed by atoms with E-state index in [2.05, 4.69) is 0 Å². The Labute approximate surface area is 151 Å². The third-order valence-corrected chi connectivity index (χ3v) is 3.93. The van der Waals surface area contributed by atoms with Gasteiger partial charge in [0.25, 0.3) is 5.91 Å². The zero-order valence-electron chi connectivity index (χ0n) is 14.4. The van der Waals surface area contributed by atoms with Gasteiger partial charge in [0.1, 0.15) is 13.2 Å². The molecule has 0 aliphatic carbocycles. The van der Waals surface area contributed by atoms with Gasteiger partial charge in [0.15, 0.2) is 18.1 Å². The van der Waals surface area contributed by atoms with Crippen molar-refractivity contribution in [2.45, 2.75) is 6.54 Å². The van der Waals surface area contributed by atoms with Crippen molar-refractivity contribution in [2.75, 3.05) is 32.6 Å². The molecule has 2 aromatic rings. The number of nitrogens with zero attached hydrogens (tertiary/aromatic N) is 1. The molecule has 0 spiro atoms. The summed E-state index contributed by atoms with van der Waals surface area (Å²) in [6, 6.07) is 11.9. The zero-order valence-corrected chi connectivity index (χ0v) is 14.4. The number of nitrogens with two attached hydrogens (primary N) is 1. The van der Waals surface area contributed by atoms with Crippen LogP contribution in [-0.2, 0) is 16.1 Å². The Morgan fingerprint density at radius 2 is 1.77 bits per heavy atom. The van der Waals surface area contributed by atoms with E-state index in [9.17, 15) is 9.59 Å². The molecule has 1 aliphatic rings. The monoisotopic (exact) mass is 356 g/mol. The van der Waals surface area contributed by atoms with Gasteiger partial charge in [-0.1, -0.05) is 6.07 Å². The van der Waals surface area contributed by atoms with E-state index < -0.39 is 5.97 Å². The van der Waals surface area contributed by atoms with E-state index in [1.54, 1.807) is 31.3 Å². The van der Waals surface area contributed by atoms with E-state index in [4.69, 9.17) is 19.9 Å². The molecule has 3 rings (SSSR count). The number of hydrogen-bond donors (Lipinski definition) is 1. The largest absolute Gasteiger partial charge is 0.486 e. The average molecular weight is 356 g/mol. The van der Waals surface area contributed by atoms with Crippen LogP contribution in [0.2, 0.25) is 0 Å². The lowest BCUT2D eigenvalue weighted by molar-refractivity contribution is -0.133. The van der Waals surface area contributed by atoms with Crippen molar-refractivity contribution in [1.82, 2.24) is 4.90 Å². The van der Waals surface area contributed by atoms with Crippen molar-refractivity contribution in [1.29, 1.82) is 0 Å². The van der Waals surface area contributed by atoms with Crippen molar-refractivity contribution in [3.8, 4) is 11.5 Å². The first-order chi connectivity index (χ1) is 12.5. The van der Waals surface area contributed by atoms with Gasteiger partial charge in [0.05, 0.1) is 5.56 Å². The van der Waals surface area contributed by atoms with E-state index in [1.165, 1.54) is 4.90 Å². The van der Waals surface area contributed by atoms with Crippen molar-refractivity contribution in [3.05, 3.63) is 53.6 Å². The van der Waals surface area contributed by atoms with Gasteiger partial charge in [-0.15, -0.1) is 0 Å². The summed E-state index contributed by atoms with van der Waals surface area (Å²) in [5.74, 6) is 0.505. The molecule has 0 saturated carbocycles. The lowest BCUT2D eigenvalue weighted by atomic mass is 10.2. The number of carbonyl (C=O) groups is 2. The minimum Gasteiger partial charge on any atom is -0.486 e. The van der Waals surface area contributed by atoms with Gasteiger partial charge >= 0.3 is 5.97 Å². The molecule has 26 heavy (non-hydrogen) atoms. The van der Waals surface area contributed by atoms with Crippen molar-refractivity contribution in [3.63, 3.8) is 0 Å². The van der Waals surface area contributed by atoms with E-state index in [1.807, 2.05) is 18.2 Å². The van der Waals surface area contributed by atoms with E-state index >= 15 is 0 Å². The highest BCUT2D eigenvalue weighted by atomic mass is 16.6. The lowest BCUT2D eigenvalue weighted by Gasteiger charge is -2.21. The molecule has 2 aromatic carbocycles. The normalized spacial score (nSPS) is 12.3. The topological polar surface area (TPSA) is 91.1 Å². The molecule has 7 heteroatoms. The van der Waals surface area contributed by atoms with E-state index in [-0.39, 0.29) is 12.5 Å². The second kappa shape index (κ2) is 7.77. The highest BCUT2D eigenvalue weighted by Crippen LogP contribution is 2.31. The maximum Gasteiger partial charge on any atom is 0.338 e. The van der Waals surface area contributed by atoms with Crippen LogP contribution < -0.4 is 15.2 Å². The van der Waals surface area contributed by atoms with Crippen LogP contribution in [0.1, 0.15) is 15.9 Å². The number of rotatable bonds is 5. The Morgan fingerprint density at radius 1 is 1.08 bits per heavy atom. The molecule has 0 atom stereocenters. The highest BCUT2D eigenvalue weighted by molar-refractivity contribution is 5.91. The fourth-order valence-electron chi connectivity index (χ4n) is 2.49. The number of esters is 1. The molecule has 1 heterocycles. The molecule has 0 unspecified atom stereocenters. The minimum absolute atomic E-state index is 0.302. The molecule has 0 saturated heterocycles. The number of amides is 1. The molecule has 0 aromatic heterocycles. The number of likely N-dealkylation sites (N-methyl/N-ethyl adjacent to an activating group) is 1. The summed E-state index contributed by atoms with van der Waals surface area (Å²) in [5, 5.41) is 0. The second-order valence-corrected chi connectivity index (χ2v) is 5.93. The summed E-state index contributed by atoms with van der Waals surface area (Å²) in [7, 11) is 1.65. The Hall–Kier alpha value is -3.22. The lowest BCUT2D eigenvalue weighted by Crippen LogP contribution is -2.30. The molecule has 2 N–H and O–H groups in total. The molecular weight excluding hydrogens is 336 g/mol. The van der Waals surface area contributed by atoms with Crippen LogP contribution in [0.15, 0.2) is 42.5 Å². The van der Waals surface area contributed by atoms with Gasteiger partial charge in [-0.05, 0) is 42.0 Å². The van der Waals surface area contributed by atoms with Crippen LogP contribution >= 0.6 is 0 Å². The third-order valence-electron chi connectivity index (χ3n) is 3.93. The average Bonchev–Trinajstić information content (AvgIpc) is 2.66. The third kappa shape index (κ3) is 4.24. The summed E-state index contributed by atoms with van der Waals surface area (Å²) in [4.78, 5) is 25.6. The standard InChI is InChI=1S/C19H20N2O5/c1-21(11-13-2-7-16-17(10-13)25-9-8-24-16)18(22)12-26-19(23)14-3-5-15(20)6-4-14/h2-7,10H,8-9,11-12,20H2,1H3. The predicted octanol–water partition coefficient (Wildman–Crippen LogP) is 1.86. The van der Waals surface area contributed by atoms with Gasteiger partial charge in [-0.25, -0.2) is 4.79 Å². The molecule has 7 nitrogen and oxygen atoms in total. The number of ether oxygens (including phenoxy) is 3. The maximum atomic E-state index is 12.2. The maximum absolute atomic E-state index is 12.2. The van der Waals surface area contributed by atoms with Gasteiger partial charge in [-0.3, -0.25) is 4.79 Å². The first-order valence-electron chi connectivity index (χ1n) is 8.18. The number of anilines is 1. The molecule has 0 bridgehead atoms. The van der Waals surface area contributed by atoms with Crippen LogP contribution in [-0.4, -0.2) is 43.6 Å². The van der Waals surface area contributed by atoms with Crippen LogP contribution in [0.25, 0.3) is 0 Å². The van der Waals surface area contributed by atoms with Crippen molar-refractivity contribution >= 4 is 17.6 Å². The first kappa shape index (κ1) is 17.6. The summed E-state index contributed by atoms with van der Waals surface area (Å²) >= 11 is 0. The smallest absolute Gasteiger partial charge is 0.338 e. The fraction of sp³-hybridized carbons (Fsp3) is 0.263. The summed E-state index contributed by atoms with van der Waals surface area (Å²) < 4.78 is 16.1. The highest BCUT2D eigenvalue weighted by Gasteiger charge is 2.16. The Balaban J connectivity index is 1.53. The van der Waals surface area contributed by atoms with Crippen molar-refractivity contribution < 1.29 is 23.8 Å². The van der Waals surface area contributed by atoms with Crippen LogP contribution in [0.4, 0.5) is 5.69 Å². The number of hydrogen-bond acceptors (Lipinski definition) is 6. The van der Waals surface area contributed by atoms with E-state index in [0.717, 1.165) is 5.56 Å². The van der Waals surface area contributed by atoms with E-state index in [0.29, 0.717) is 42.5 Å². The van der Waals surface area contributed by atoms with Gasteiger partial charge in [0.2, 0.25) is 0 Å². The van der Waals surface area contributed by atoms with Gasteiger partial charge < -0.3 is 24.8 Å². The first-order valence-corrected chi connectivity index (χ1v) is 8.18. The quantitative estimate of drug-likeness (QED) is 0.649. The van der Waals surface area contributed by atoms with Crippen LogP contribution in [0.3, 0.4) is 0 Å². The number of fused-ring (bicyclic) bond motifs is 1. The zero-order chi connectivity index (χ0) is 18.5. The van der Waals surface area contributed by atoms with Crippen LogP contribution in [0, 0.1) is 0 Å². The molecule has 0 fully saturated rings. The Morgan fingerprint density at radius 3 is 2.50 bits per heavy atom. The Bertz CT molecular complexity index is 804. The molecule has 136 valence electrons. The fourth-order valence-corrected chi connectivity index (χ4v) is 2.49. The van der Waals surface area contributed by atoms with Crippen LogP contribution in [0.5, 0.6) is 11.5 Å². The predicted molar refractivity (Wildman–Crippen MR) is 95.0 cm³/mol. The minimum atomic E-state index is -0.564. The van der Waals surface area contributed by atoms with Gasteiger partial charge in [-0.2, -0.15) is 0 Å². The summed E-state index contributed by atoms with van der Waals surface area (Å²) in [6.45, 7) is 1.08. The van der Waals surface area contributed by atoms with Gasteiger partial charge in [0, 0.05) is 19.3 Å². The SMILES string of the molecule is CN(Cc1ccc2c(c1)OCCO2)C(=O)COC(=O)c1ccc(N)cc1. The molecule has 1 amide bonds. The number of benzene rings is 2. The Kier molecular flexibility index (Phi) is 5.26. The second-order valence-electron chi connectivity index (χ2n) is 5.93. The molecule has 1 aliphatic heterocycles. The number of carbonyl (C=O) groups excluding carboxylic acids is 2.